The number of sulfonamides is 1. The third-order valence-electron chi connectivity index (χ3n) is 10.5. The Bertz CT molecular complexity index is 2650. The van der Waals surface area contributed by atoms with Crippen LogP contribution >= 0.6 is 23.4 Å². The van der Waals surface area contributed by atoms with Crippen molar-refractivity contribution in [3.63, 3.8) is 0 Å². The molecule has 1 atom stereocenters. The van der Waals surface area contributed by atoms with Crippen LogP contribution in [-0.4, -0.2) is 88.3 Å². The Labute approximate surface area is 376 Å². The Hall–Kier alpha value is -5.48. The van der Waals surface area contributed by atoms with Gasteiger partial charge >= 0.3 is 0 Å². The van der Waals surface area contributed by atoms with E-state index in [0.29, 0.717) is 29.4 Å². The number of halogens is 1. The highest BCUT2D eigenvalue weighted by molar-refractivity contribution is 7.99. The molecule has 1 heterocycles. The number of thioether (sulfide) groups is 1. The standard InChI is InChI=1S/C50H55ClN6O3S2/c1-35-32-45(26-27-46(35)53-43(28-30-55(3)4)34-61-44-14-9-8-10-15-44)62(59,60)54-42-24-18-37(19-25-42)16-17-38-12-11-13-40(33-38)48-47(50(58)52-29-31-56(5)6)36(2)57(7)49(48)39-20-22-41(51)23-21-39/h8-15,18-27,32-33,43,53-54H,28-31,34H2,1-7H3,(H,52,58)/t43-/m1/s1. The van der Waals surface area contributed by atoms with E-state index < -0.39 is 10.0 Å². The number of aromatic nitrogens is 1. The van der Waals surface area contributed by atoms with Crippen LogP contribution in [0.15, 0.2) is 131 Å². The van der Waals surface area contributed by atoms with E-state index in [1.807, 2.05) is 124 Å². The number of likely N-dealkylation sites (N-methyl/N-ethyl adjacent to an activating group) is 1. The number of amides is 1. The highest BCUT2D eigenvalue weighted by Gasteiger charge is 2.26. The summed E-state index contributed by atoms with van der Waals surface area (Å²) in [6, 6.07) is 38.3. The lowest BCUT2D eigenvalue weighted by Gasteiger charge is -2.23. The van der Waals surface area contributed by atoms with Gasteiger partial charge in [0, 0.05) is 75.6 Å². The lowest BCUT2D eigenvalue weighted by molar-refractivity contribution is 0.0951. The van der Waals surface area contributed by atoms with Crippen LogP contribution < -0.4 is 15.4 Å². The Morgan fingerprint density at radius 2 is 1.48 bits per heavy atom. The van der Waals surface area contributed by atoms with Crippen molar-refractivity contribution in [3.05, 3.63) is 154 Å². The fourth-order valence-corrected chi connectivity index (χ4v) is 9.29. The summed E-state index contributed by atoms with van der Waals surface area (Å²) in [4.78, 5) is 19.4. The van der Waals surface area contributed by atoms with E-state index in [1.54, 1.807) is 36.4 Å². The molecular weight excluding hydrogens is 832 g/mol. The first-order chi connectivity index (χ1) is 29.7. The second-order valence-corrected chi connectivity index (χ2v) is 19.1. The van der Waals surface area contributed by atoms with Crippen LogP contribution in [0.4, 0.5) is 11.4 Å². The van der Waals surface area contributed by atoms with Crippen molar-refractivity contribution < 1.29 is 13.2 Å². The van der Waals surface area contributed by atoms with E-state index >= 15 is 0 Å². The summed E-state index contributed by atoms with van der Waals surface area (Å²) in [5.41, 5.74) is 8.66. The van der Waals surface area contributed by atoms with Gasteiger partial charge in [0.2, 0.25) is 0 Å². The van der Waals surface area contributed by atoms with Crippen LogP contribution in [0.2, 0.25) is 5.02 Å². The van der Waals surface area contributed by atoms with E-state index in [1.165, 1.54) is 4.90 Å². The molecule has 6 aromatic rings. The molecule has 6 rings (SSSR count). The third-order valence-corrected chi connectivity index (χ3v) is 13.3. The smallest absolute Gasteiger partial charge is 0.261 e. The zero-order chi connectivity index (χ0) is 44.4. The topological polar surface area (TPSA) is 98.7 Å². The van der Waals surface area contributed by atoms with Crippen LogP contribution in [-0.2, 0) is 17.1 Å². The molecule has 0 aliphatic rings. The Morgan fingerprint density at radius 3 is 2.16 bits per heavy atom. The highest BCUT2D eigenvalue weighted by atomic mass is 35.5. The number of hydrogen-bond donors (Lipinski definition) is 3. The maximum absolute atomic E-state index is 13.8. The number of rotatable bonds is 17. The number of carbonyl (C=O) groups is 1. The van der Waals surface area contributed by atoms with Gasteiger partial charge in [-0.2, -0.15) is 0 Å². The third kappa shape index (κ3) is 12.1. The van der Waals surface area contributed by atoms with Crippen LogP contribution in [0.25, 0.3) is 22.4 Å². The summed E-state index contributed by atoms with van der Waals surface area (Å²) in [6.45, 7) is 6.05. The van der Waals surface area contributed by atoms with E-state index in [4.69, 9.17) is 11.6 Å². The van der Waals surface area contributed by atoms with Crippen molar-refractivity contribution in [2.45, 2.75) is 36.1 Å². The molecule has 0 saturated carbocycles. The van der Waals surface area contributed by atoms with Crippen molar-refractivity contribution in [1.82, 2.24) is 19.7 Å². The normalized spacial score (nSPS) is 11.9. The highest BCUT2D eigenvalue weighted by Crippen LogP contribution is 2.39. The summed E-state index contributed by atoms with van der Waals surface area (Å²) in [7, 11) is 6.20. The summed E-state index contributed by atoms with van der Waals surface area (Å²) < 4.78 is 31.9. The maximum atomic E-state index is 13.8. The number of nitrogens with zero attached hydrogens (tertiary/aromatic N) is 3. The predicted molar refractivity (Wildman–Crippen MR) is 259 cm³/mol. The first-order valence-electron chi connectivity index (χ1n) is 20.5. The second-order valence-electron chi connectivity index (χ2n) is 15.9. The van der Waals surface area contributed by atoms with Gasteiger partial charge in [-0.05, 0) is 151 Å². The van der Waals surface area contributed by atoms with Crippen molar-refractivity contribution in [2.24, 2.45) is 7.05 Å². The molecule has 0 bridgehead atoms. The monoisotopic (exact) mass is 886 g/mol. The Kier molecular flexibility index (Phi) is 15.6. The van der Waals surface area contributed by atoms with E-state index in [9.17, 15) is 13.2 Å². The van der Waals surface area contributed by atoms with E-state index in [0.717, 1.165) is 69.2 Å². The number of aryl methyl sites for hydroxylation is 1. The van der Waals surface area contributed by atoms with Gasteiger partial charge in [0.05, 0.1) is 16.2 Å². The first-order valence-corrected chi connectivity index (χ1v) is 23.4. The summed E-state index contributed by atoms with van der Waals surface area (Å²) in [5, 5.41) is 7.41. The van der Waals surface area contributed by atoms with Crippen molar-refractivity contribution >= 4 is 50.7 Å². The molecule has 12 heteroatoms. The lowest BCUT2D eigenvalue weighted by Crippen LogP contribution is -2.31. The predicted octanol–water partition coefficient (Wildman–Crippen LogP) is 9.65. The minimum absolute atomic E-state index is 0.139. The molecule has 0 saturated heterocycles. The molecule has 0 fully saturated rings. The van der Waals surface area contributed by atoms with Crippen molar-refractivity contribution in [2.75, 3.05) is 63.6 Å². The van der Waals surface area contributed by atoms with Gasteiger partial charge < -0.3 is 25.0 Å². The number of hydrogen-bond acceptors (Lipinski definition) is 7. The Balaban J connectivity index is 1.18. The average molecular weight is 888 g/mol. The maximum Gasteiger partial charge on any atom is 0.261 e. The van der Waals surface area contributed by atoms with Crippen molar-refractivity contribution in [3.8, 4) is 34.2 Å². The van der Waals surface area contributed by atoms with Gasteiger partial charge in [0.25, 0.3) is 15.9 Å². The van der Waals surface area contributed by atoms with Crippen LogP contribution in [0, 0.1) is 25.7 Å². The molecule has 0 spiro atoms. The zero-order valence-electron chi connectivity index (χ0n) is 36.4. The molecular formula is C50H55ClN6O3S2. The lowest BCUT2D eigenvalue weighted by atomic mass is 9.95. The van der Waals surface area contributed by atoms with Crippen LogP contribution in [0.3, 0.4) is 0 Å². The minimum atomic E-state index is -3.86. The fourth-order valence-electron chi connectivity index (χ4n) is 7.03. The van der Waals surface area contributed by atoms with Crippen LogP contribution in [0.1, 0.15) is 39.2 Å². The number of anilines is 2. The van der Waals surface area contributed by atoms with Gasteiger partial charge in [0.1, 0.15) is 0 Å². The molecule has 9 nitrogen and oxygen atoms in total. The minimum Gasteiger partial charge on any atom is -0.381 e. The second kappa shape index (κ2) is 21.1. The molecule has 0 unspecified atom stereocenters. The zero-order valence-corrected chi connectivity index (χ0v) is 38.8. The summed E-state index contributed by atoms with van der Waals surface area (Å²) >= 11 is 8.08. The van der Waals surface area contributed by atoms with E-state index in [2.05, 4.69) is 62.9 Å². The molecule has 1 aromatic heterocycles. The number of nitrogens with one attached hydrogen (secondary N) is 3. The first kappa shape index (κ1) is 46.0. The van der Waals surface area contributed by atoms with Gasteiger partial charge in [0.15, 0.2) is 0 Å². The van der Waals surface area contributed by atoms with Crippen LogP contribution in [0.5, 0.6) is 0 Å². The SMILES string of the molecule is Cc1cc(S(=O)(=O)Nc2ccc(C#Cc3cccc(-c4c(C(=O)NCCN(C)C)c(C)n(C)c4-c4ccc(Cl)cc4)c3)cc2)ccc1N[C@H](CCN(C)C)CSc1ccccc1. The van der Waals surface area contributed by atoms with Crippen molar-refractivity contribution in [1.29, 1.82) is 0 Å². The number of carbonyl (C=O) groups excluding carboxylic acids is 1. The van der Waals surface area contributed by atoms with Gasteiger partial charge in [-0.15, -0.1) is 11.8 Å². The molecule has 1 amide bonds. The van der Waals surface area contributed by atoms with Gasteiger partial charge in [-0.3, -0.25) is 9.52 Å². The van der Waals surface area contributed by atoms with Gasteiger partial charge in [-0.1, -0.05) is 65.9 Å². The molecule has 0 radical (unpaired) electrons. The molecule has 0 aliphatic heterocycles. The van der Waals surface area contributed by atoms with E-state index in [-0.39, 0.29) is 16.8 Å². The largest absolute Gasteiger partial charge is 0.381 e. The Morgan fingerprint density at radius 1 is 0.790 bits per heavy atom. The quantitative estimate of drug-likeness (QED) is 0.0620. The molecule has 5 aromatic carbocycles. The molecule has 322 valence electrons. The molecule has 62 heavy (non-hydrogen) atoms. The molecule has 3 N–H and O–H groups in total. The van der Waals surface area contributed by atoms with Gasteiger partial charge in [-0.25, -0.2) is 8.42 Å². The summed E-state index contributed by atoms with van der Waals surface area (Å²) in [5.74, 6) is 7.24. The molecule has 0 aliphatic carbocycles. The summed E-state index contributed by atoms with van der Waals surface area (Å²) in [6.07, 6.45) is 0.943. The number of benzene rings is 5. The average Bonchev–Trinajstić information content (AvgIpc) is 3.51. The fraction of sp³-hybridized carbons (Fsp3) is 0.260.